The normalized spacial score (nSPS) is 60.9. The third-order valence-electron chi connectivity index (χ3n) is 11.8. The lowest BCUT2D eigenvalue weighted by molar-refractivity contribution is -0.272. The first-order chi connectivity index (χ1) is 14.7. The van der Waals surface area contributed by atoms with Crippen molar-refractivity contribution in [3.8, 4) is 0 Å². The zero-order chi connectivity index (χ0) is 21.8. The van der Waals surface area contributed by atoms with E-state index in [1.165, 1.54) is 12.8 Å². The summed E-state index contributed by atoms with van der Waals surface area (Å²) in [6.45, 7) is 10.1. The zero-order valence-electron chi connectivity index (χ0n) is 19.9. The summed E-state index contributed by atoms with van der Waals surface area (Å²) in [6.07, 6.45) is 9.39. The van der Waals surface area contributed by atoms with Gasteiger partial charge in [-0.15, -0.1) is 0 Å². The number of hydrogen-bond acceptors (Lipinski definition) is 4. The topological polar surface area (TPSA) is 55.8 Å². The van der Waals surface area contributed by atoms with Crippen molar-refractivity contribution in [2.75, 3.05) is 6.61 Å². The molecule has 12 atom stereocenters. The number of carbonyl (C=O) groups excluding carboxylic acids is 1. The zero-order valence-corrected chi connectivity index (χ0v) is 19.9. The van der Waals surface area contributed by atoms with Gasteiger partial charge in [-0.05, 0) is 80.0 Å². The van der Waals surface area contributed by atoms with E-state index < -0.39 is 5.79 Å². The number of ketones is 1. The monoisotopic (exact) mass is 430 g/mol. The smallest absolute Gasteiger partial charge is 0.171 e. The Labute approximate surface area is 187 Å². The van der Waals surface area contributed by atoms with Gasteiger partial charge in [0.1, 0.15) is 5.78 Å². The number of hydrogen-bond donors (Lipinski definition) is 1. The number of fused-ring (bicyclic) bond motifs is 7. The molecule has 0 aromatic rings. The van der Waals surface area contributed by atoms with Gasteiger partial charge >= 0.3 is 0 Å². The third-order valence-corrected chi connectivity index (χ3v) is 11.8. The van der Waals surface area contributed by atoms with Crippen LogP contribution in [0.15, 0.2) is 0 Å². The van der Waals surface area contributed by atoms with Gasteiger partial charge in [-0.1, -0.05) is 27.7 Å². The van der Waals surface area contributed by atoms with Crippen molar-refractivity contribution in [1.82, 2.24) is 0 Å². The fourth-order valence-corrected chi connectivity index (χ4v) is 9.93. The van der Waals surface area contributed by atoms with E-state index in [1.807, 2.05) is 0 Å². The van der Waals surface area contributed by atoms with E-state index >= 15 is 0 Å². The first-order valence-corrected chi connectivity index (χ1v) is 13.2. The summed E-state index contributed by atoms with van der Waals surface area (Å²) in [5.74, 6) is 3.45. The summed E-state index contributed by atoms with van der Waals surface area (Å²) in [4.78, 5) is 14.0. The van der Waals surface area contributed by atoms with Crippen LogP contribution in [0.1, 0.15) is 85.5 Å². The molecule has 0 amide bonds. The molecule has 0 unspecified atom stereocenters. The Bertz CT molecular complexity index is 756. The Kier molecular flexibility index (Phi) is 4.62. The van der Waals surface area contributed by atoms with Crippen LogP contribution in [0, 0.1) is 52.3 Å². The van der Waals surface area contributed by atoms with Crippen LogP contribution in [0.5, 0.6) is 0 Å². The molecule has 174 valence electrons. The second-order valence-corrected chi connectivity index (χ2v) is 13.0. The van der Waals surface area contributed by atoms with E-state index in [0.29, 0.717) is 41.3 Å². The molecular weight excluding hydrogens is 388 g/mol. The summed E-state index contributed by atoms with van der Waals surface area (Å²) in [7, 11) is 0. The molecule has 0 aromatic carbocycles. The van der Waals surface area contributed by atoms with E-state index in [2.05, 4.69) is 27.7 Å². The SMILES string of the molecule is C[C@@H]1CC[C@@]2(OC1)O[C@H]1C[C@H]3[C@@H]4CC[C@@H]5C[C@@H](O)CC[C@]5(C)[C@H]4CC(=O)[C@]3(C)[C@H]1[C@@H]2C. The van der Waals surface area contributed by atoms with Gasteiger partial charge < -0.3 is 14.6 Å². The summed E-state index contributed by atoms with van der Waals surface area (Å²) in [5.41, 5.74) is -0.0221. The minimum absolute atomic E-state index is 0.131. The largest absolute Gasteiger partial charge is 0.393 e. The lowest BCUT2D eigenvalue weighted by Gasteiger charge is -2.60. The van der Waals surface area contributed by atoms with Gasteiger partial charge in [0.2, 0.25) is 0 Å². The van der Waals surface area contributed by atoms with E-state index in [9.17, 15) is 9.90 Å². The highest BCUT2D eigenvalue weighted by atomic mass is 16.7. The molecule has 1 spiro atoms. The second-order valence-electron chi connectivity index (χ2n) is 13.0. The van der Waals surface area contributed by atoms with Crippen LogP contribution in [-0.4, -0.2) is 35.5 Å². The van der Waals surface area contributed by atoms with Crippen molar-refractivity contribution in [2.45, 2.75) is 103 Å². The first-order valence-electron chi connectivity index (χ1n) is 13.2. The van der Waals surface area contributed by atoms with Crippen LogP contribution in [0.4, 0.5) is 0 Å². The maximum absolute atomic E-state index is 14.0. The average molecular weight is 431 g/mol. The molecular formula is C27H42O4. The molecule has 6 aliphatic rings. The van der Waals surface area contributed by atoms with Crippen molar-refractivity contribution in [1.29, 1.82) is 0 Å². The Balaban J connectivity index is 1.30. The predicted molar refractivity (Wildman–Crippen MR) is 118 cm³/mol. The highest BCUT2D eigenvalue weighted by Crippen LogP contribution is 2.70. The van der Waals surface area contributed by atoms with E-state index in [1.54, 1.807) is 0 Å². The van der Waals surface area contributed by atoms with Gasteiger partial charge in [0, 0.05) is 30.1 Å². The number of ether oxygens (including phenoxy) is 2. The second kappa shape index (κ2) is 6.79. The fourth-order valence-electron chi connectivity index (χ4n) is 9.93. The summed E-state index contributed by atoms with van der Waals surface area (Å²) in [5, 5.41) is 10.3. The summed E-state index contributed by atoms with van der Waals surface area (Å²) >= 11 is 0. The summed E-state index contributed by atoms with van der Waals surface area (Å²) < 4.78 is 13.2. The van der Waals surface area contributed by atoms with Gasteiger partial charge in [-0.3, -0.25) is 4.79 Å². The molecule has 31 heavy (non-hydrogen) atoms. The molecule has 4 aliphatic carbocycles. The van der Waals surface area contributed by atoms with E-state index in [0.717, 1.165) is 51.6 Å². The molecule has 2 aliphatic heterocycles. The molecule has 0 bridgehead atoms. The predicted octanol–water partition coefficient (Wildman–Crippen LogP) is 4.97. The molecule has 6 rings (SSSR count). The van der Waals surface area contributed by atoms with Crippen LogP contribution in [-0.2, 0) is 14.3 Å². The maximum Gasteiger partial charge on any atom is 0.171 e. The third kappa shape index (κ3) is 2.68. The Morgan fingerprint density at radius 3 is 2.55 bits per heavy atom. The van der Waals surface area contributed by atoms with Gasteiger partial charge in [0.05, 0.1) is 18.8 Å². The van der Waals surface area contributed by atoms with Crippen molar-refractivity contribution >= 4 is 5.78 Å². The Hall–Kier alpha value is -0.450. The van der Waals surface area contributed by atoms with Gasteiger partial charge in [0.25, 0.3) is 0 Å². The molecule has 2 saturated heterocycles. The van der Waals surface area contributed by atoms with E-state index in [-0.39, 0.29) is 29.0 Å². The first kappa shape index (κ1) is 21.1. The Morgan fingerprint density at radius 2 is 1.81 bits per heavy atom. The fraction of sp³-hybridized carbons (Fsp3) is 0.963. The molecule has 0 aromatic heterocycles. The standard InChI is InChI=1S/C27H42O4/c1-15-7-10-27(30-14-15)16(2)24-22(31-27)12-21-19-6-5-17-11-18(28)8-9-25(17,3)20(19)13-23(29)26(21,24)4/h15-22,24,28H,5-14H2,1-4H3/t15-,16+,17-,18+,19-,20+,21+,22+,24+,25+,26-,27-/m1/s1. The molecule has 4 heteroatoms. The highest BCUT2D eigenvalue weighted by Gasteiger charge is 2.71. The van der Waals surface area contributed by atoms with E-state index in [4.69, 9.17) is 9.47 Å². The lowest BCUT2D eigenvalue weighted by Crippen LogP contribution is -2.58. The number of aliphatic hydroxyl groups excluding tert-OH is 1. The van der Waals surface area contributed by atoms with Crippen LogP contribution < -0.4 is 0 Å². The molecule has 4 saturated carbocycles. The van der Waals surface area contributed by atoms with Crippen molar-refractivity contribution in [2.24, 2.45) is 52.3 Å². The Morgan fingerprint density at radius 1 is 1.00 bits per heavy atom. The maximum atomic E-state index is 14.0. The molecule has 0 radical (unpaired) electrons. The lowest BCUT2D eigenvalue weighted by atomic mass is 9.44. The number of Topliss-reactive ketones (excluding diaryl/α,β-unsaturated/α-hetero) is 1. The number of aliphatic hydroxyl groups is 1. The molecule has 6 fully saturated rings. The van der Waals surface area contributed by atoms with Crippen LogP contribution >= 0.6 is 0 Å². The summed E-state index contributed by atoms with van der Waals surface area (Å²) in [6, 6.07) is 0. The minimum atomic E-state index is -0.448. The molecule has 1 N–H and O–H groups in total. The highest BCUT2D eigenvalue weighted by molar-refractivity contribution is 5.87. The minimum Gasteiger partial charge on any atom is -0.393 e. The van der Waals surface area contributed by atoms with Crippen LogP contribution in [0.25, 0.3) is 0 Å². The van der Waals surface area contributed by atoms with Gasteiger partial charge in [-0.25, -0.2) is 0 Å². The quantitative estimate of drug-likeness (QED) is 0.589. The van der Waals surface area contributed by atoms with Crippen LogP contribution in [0.3, 0.4) is 0 Å². The van der Waals surface area contributed by atoms with Crippen molar-refractivity contribution in [3.63, 3.8) is 0 Å². The van der Waals surface area contributed by atoms with Gasteiger partial charge in [-0.2, -0.15) is 0 Å². The van der Waals surface area contributed by atoms with Crippen LogP contribution in [0.2, 0.25) is 0 Å². The number of rotatable bonds is 0. The van der Waals surface area contributed by atoms with Gasteiger partial charge in [0.15, 0.2) is 5.79 Å². The molecule has 2 heterocycles. The number of carbonyl (C=O) groups is 1. The van der Waals surface area contributed by atoms with Crippen molar-refractivity contribution in [3.05, 3.63) is 0 Å². The average Bonchev–Trinajstić information content (AvgIpc) is 3.18. The van der Waals surface area contributed by atoms with Crippen molar-refractivity contribution < 1.29 is 19.4 Å². The molecule has 4 nitrogen and oxygen atoms in total.